The Labute approximate surface area is 207 Å². The zero-order valence-corrected chi connectivity index (χ0v) is 21.2. The lowest BCUT2D eigenvalue weighted by molar-refractivity contribution is -0.00884. The van der Waals surface area contributed by atoms with Crippen molar-refractivity contribution in [1.82, 2.24) is 9.29 Å². The maximum absolute atomic E-state index is 14.0. The van der Waals surface area contributed by atoms with Crippen molar-refractivity contribution >= 4 is 31.7 Å². The normalized spacial score (nSPS) is 21.3. The molecule has 7 rings (SSSR count). The van der Waals surface area contributed by atoms with Crippen molar-refractivity contribution in [3.05, 3.63) is 90.1 Å². The number of aromatic amines is 1. The summed E-state index contributed by atoms with van der Waals surface area (Å²) in [6.07, 6.45) is 7.25. The van der Waals surface area contributed by atoms with Crippen molar-refractivity contribution in [3.63, 3.8) is 0 Å². The predicted molar refractivity (Wildman–Crippen MR) is 143 cm³/mol. The monoisotopic (exact) mass is 484 g/mol. The number of nitrogens with zero attached hydrogens (tertiary/aromatic N) is 1. The van der Waals surface area contributed by atoms with Crippen LogP contribution in [0.2, 0.25) is 0 Å². The molecule has 5 heteroatoms. The zero-order valence-electron chi connectivity index (χ0n) is 20.4. The summed E-state index contributed by atoms with van der Waals surface area (Å²) < 4.78 is 29.8. The van der Waals surface area contributed by atoms with E-state index in [1.54, 1.807) is 10.4 Å². The number of hydrogen-bond acceptors (Lipinski definition) is 2. The van der Waals surface area contributed by atoms with Crippen molar-refractivity contribution in [2.45, 2.75) is 38.0 Å². The number of benzene rings is 3. The van der Waals surface area contributed by atoms with Gasteiger partial charge in [-0.05, 0) is 71.0 Å². The van der Waals surface area contributed by atoms with Gasteiger partial charge >= 0.3 is 0 Å². The Hall–Kier alpha value is -2.89. The molecule has 4 nitrogen and oxygen atoms in total. The standard InChI is InChI=1S/C30H32N2O2S/c1-30(2)25-13-11-24(28(30)18-25)20-32(16-15-23-19-31-29-10-6-5-9-27(23)29)35(33,34)26-14-12-21-7-3-4-8-22(21)17-26/h3-12,14,17,19,25,28,31H,13,15-16,18,20H2,1-2H3. The van der Waals surface area contributed by atoms with E-state index in [-0.39, 0.29) is 5.41 Å². The van der Waals surface area contributed by atoms with E-state index in [1.807, 2.05) is 54.7 Å². The largest absolute Gasteiger partial charge is 0.361 e. The highest BCUT2D eigenvalue weighted by Gasteiger charge is 2.51. The number of hydrogen-bond donors (Lipinski definition) is 1. The van der Waals surface area contributed by atoms with Gasteiger partial charge in [0.05, 0.1) is 4.90 Å². The zero-order chi connectivity index (χ0) is 24.2. The predicted octanol–water partition coefficient (Wildman–Crippen LogP) is 6.55. The topological polar surface area (TPSA) is 53.2 Å². The lowest BCUT2D eigenvalue weighted by Crippen LogP contribution is -2.50. The van der Waals surface area contributed by atoms with Crippen LogP contribution >= 0.6 is 0 Å². The van der Waals surface area contributed by atoms with Crippen LogP contribution < -0.4 is 0 Å². The molecule has 1 aromatic heterocycles. The minimum atomic E-state index is -3.66. The van der Waals surface area contributed by atoms with Crippen LogP contribution in [-0.4, -0.2) is 30.8 Å². The molecule has 2 unspecified atom stereocenters. The van der Waals surface area contributed by atoms with E-state index in [1.165, 1.54) is 12.0 Å². The van der Waals surface area contributed by atoms with Gasteiger partial charge in [-0.3, -0.25) is 0 Å². The Morgan fingerprint density at radius 1 is 1.00 bits per heavy atom. The van der Waals surface area contributed by atoms with Gasteiger partial charge < -0.3 is 4.98 Å². The molecule has 0 radical (unpaired) electrons. The van der Waals surface area contributed by atoms with Crippen LogP contribution in [0.15, 0.2) is 89.5 Å². The van der Waals surface area contributed by atoms with E-state index in [0.29, 0.717) is 30.3 Å². The van der Waals surface area contributed by atoms with Crippen LogP contribution in [-0.2, 0) is 16.4 Å². The van der Waals surface area contributed by atoms with Crippen molar-refractivity contribution in [2.24, 2.45) is 17.3 Å². The average molecular weight is 485 g/mol. The van der Waals surface area contributed by atoms with Crippen LogP contribution in [0.5, 0.6) is 0 Å². The minimum Gasteiger partial charge on any atom is -0.361 e. The molecule has 180 valence electrons. The second-order valence-corrected chi connectivity index (χ2v) is 12.7. The number of H-pyrrole nitrogens is 1. The van der Waals surface area contributed by atoms with Gasteiger partial charge in [0.2, 0.25) is 10.0 Å². The second kappa shape index (κ2) is 8.35. The molecule has 4 aromatic rings. The van der Waals surface area contributed by atoms with E-state index in [9.17, 15) is 8.42 Å². The molecule has 0 saturated heterocycles. The number of para-hydroxylation sites is 1. The highest BCUT2D eigenvalue weighted by Crippen LogP contribution is 2.59. The molecule has 2 bridgehead atoms. The first kappa shape index (κ1) is 22.6. The number of allylic oxidation sites excluding steroid dienone is 1. The van der Waals surface area contributed by atoms with E-state index in [2.05, 4.69) is 37.0 Å². The number of sulfonamides is 1. The average Bonchev–Trinajstić information content (AvgIpc) is 3.29. The minimum absolute atomic E-state index is 0.263. The quantitative estimate of drug-likeness (QED) is 0.303. The van der Waals surface area contributed by atoms with Crippen molar-refractivity contribution in [2.75, 3.05) is 13.1 Å². The van der Waals surface area contributed by atoms with Gasteiger partial charge in [-0.2, -0.15) is 4.31 Å². The molecule has 0 aliphatic heterocycles. The van der Waals surface area contributed by atoms with Crippen molar-refractivity contribution < 1.29 is 8.42 Å². The summed E-state index contributed by atoms with van der Waals surface area (Å²) >= 11 is 0. The Morgan fingerprint density at radius 3 is 2.57 bits per heavy atom. The van der Waals surface area contributed by atoms with Gasteiger partial charge in [-0.1, -0.05) is 74.0 Å². The van der Waals surface area contributed by atoms with Crippen LogP contribution in [0.3, 0.4) is 0 Å². The fraction of sp³-hybridized carbons (Fsp3) is 0.333. The molecule has 1 N–H and O–H groups in total. The lowest BCUT2D eigenvalue weighted by atomic mass is 9.49. The molecule has 0 spiro atoms. The van der Waals surface area contributed by atoms with Gasteiger partial charge in [0.15, 0.2) is 0 Å². The van der Waals surface area contributed by atoms with Crippen LogP contribution in [0.4, 0.5) is 0 Å². The number of rotatable bonds is 7. The summed E-state index contributed by atoms with van der Waals surface area (Å²) in [5, 5.41) is 3.16. The number of nitrogens with one attached hydrogen (secondary N) is 1. The Morgan fingerprint density at radius 2 is 1.77 bits per heavy atom. The second-order valence-electron chi connectivity index (χ2n) is 10.8. The molecular formula is C30H32N2O2S. The maximum Gasteiger partial charge on any atom is 0.243 e. The molecule has 1 saturated carbocycles. The first-order valence-corrected chi connectivity index (χ1v) is 14.0. The van der Waals surface area contributed by atoms with Crippen LogP contribution in [0.25, 0.3) is 21.7 Å². The molecule has 0 amide bonds. The maximum atomic E-state index is 14.0. The Kier molecular flexibility index (Phi) is 5.39. The van der Waals surface area contributed by atoms with Gasteiger partial charge in [0.1, 0.15) is 0 Å². The van der Waals surface area contributed by atoms with Gasteiger partial charge in [-0.25, -0.2) is 8.42 Å². The lowest BCUT2D eigenvalue weighted by Gasteiger charge is -2.57. The molecule has 3 aliphatic rings. The fourth-order valence-corrected chi connectivity index (χ4v) is 7.67. The van der Waals surface area contributed by atoms with E-state index in [4.69, 9.17) is 0 Å². The Bertz CT molecular complexity index is 1550. The smallest absolute Gasteiger partial charge is 0.243 e. The summed E-state index contributed by atoms with van der Waals surface area (Å²) in [5.74, 6) is 1.21. The first-order chi connectivity index (χ1) is 16.8. The highest BCUT2D eigenvalue weighted by molar-refractivity contribution is 7.89. The summed E-state index contributed by atoms with van der Waals surface area (Å²) in [7, 11) is -3.66. The van der Waals surface area contributed by atoms with E-state index >= 15 is 0 Å². The summed E-state index contributed by atoms with van der Waals surface area (Å²) in [4.78, 5) is 3.70. The van der Waals surface area contributed by atoms with Crippen molar-refractivity contribution in [3.8, 4) is 0 Å². The van der Waals surface area contributed by atoms with Crippen LogP contribution in [0, 0.1) is 17.3 Å². The third-order valence-electron chi connectivity index (χ3n) is 8.61. The molecule has 35 heavy (non-hydrogen) atoms. The third kappa shape index (κ3) is 3.82. The summed E-state index contributed by atoms with van der Waals surface area (Å²) in [5.41, 5.74) is 3.80. The molecular weight excluding hydrogens is 452 g/mol. The molecule has 1 fully saturated rings. The summed E-state index contributed by atoms with van der Waals surface area (Å²) in [6, 6.07) is 21.6. The van der Waals surface area contributed by atoms with Crippen molar-refractivity contribution in [1.29, 1.82) is 0 Å². The third-order valence-corrected chi connectivity index (χ3v) is 10.4. The fourth-order valence-electron chi connectivity index (χ4n) is 6.20. The number of fused-ring (bicyclic) bond motifs is 3. The molecule has 3 aromatic carbocycles. The van der Waals surface area contributed by atoms with E-state index in [0.717, 1.165) is 39.6 Å². The van der Waals surface area contributed by atoms with Gasteiger partial charge in [-0.15, -0.1) is 0 Å². The molecule has 1 heterocycles. The molecule has 2 atom stereocenters. The molecule has 3 aliphatic carbocycles. The summed E-state index contributed by atoms with van der Waals surface area (Å²) in [6.45, 7) is 5.60. The van der Waals surface area contributed by atoms with Gasteiger partial charge in [0.25, 0.3) is 0 Å². The van der Waals surface area contributed by atoms with E-state index < -0.39 is 10.0 Å². The highest BCUT2D eigenvalue weighted by atomic mass is 32.2. The first-order valence-electron chi connectivity index (χ1n) is 12.6. The van der Waals surface area contributed by atoms with Crippen LogP contribution in [0.1, 0.15) is 32.3 Å². The Balaban J connectivity index is 1.34. The number of aromatic nitrogens is 1. The van der Waals surface area contributed by atoms with Gasteiger partial charge in [0, 0.05) is 30.2 Å². The SMILES string of the molecule is CC1(C)C2CC=C(CN(CCc3c[nH]c4ccccc34)S(=O)(=O)c3ccc4ccccc4c3)C1C2.